The van der Waals surface area contributed by atoms with Crippen LogP contribution in [-0.2, 0) is 6.18 Å². The summed E-state index contributed by atoms with van der Waals surface area (Å²) in [4.78, 5) is 19.5. The van der Waals surface area contributed by atoms with Gasteiger partial charge in [-0.15, -0.1) is 0 Å². The van der Waals surface area contributed by atoms with Crippen LogP contribution in [0.4, 0.5) is 47.3 Å². The first-order valence-corrected chi connectivity index (χ1v) is 24.5. The third-order valence-electron chi connectivity index (χ3n) is 14.4. The van der Waals surface area contributed by atoms with Gasteiger partial charge in [0.15, 0.2) is 17.5 Å². The number of para-hydroxylation sites is 5. The number of anilines is 6. The number of fused-ring (bicyclic) bond motifs is 7. The Morgan fingerprint density at radius 1 is 0.351 bits per heavy atom. The van der Waals surface area contributed by atoms with Gasteiger partial charge in [0, 0.05) is 61.6 Å². The van der Waals surface area contributed by atoms with Gasteiger partial charge in [0.2, 0.25) is 0 Å². The van der Waals surface area contributed by atoms with Crippen molar-refractivity contribution < 1.29 is 13.2 Å². The van der Waals surface area contributed by atoms with Gasteiger partial charge in [0.1, 0.15) is 0 Å². The van der Waals surface area contributed by atoms with Crippen LogP contribution in [0.3, 0.4) is 0 Å². The van der Waals surface area contributed by atoms with E-state index in [0.29, 0.717) is 28.5 Å². The number of nitrogens with zero attached hydrogens (tertiary/aromatic N) is 6. The molecular formula is C64H40BF3N6. The molecule has 14 rings (SSSR count). The first kappa shape index (κ1) is 43.3. The van der Waals surface area contributed by atoms with Crippen LogP contribution >= 0.6 is 0 Å². The first-order chi connectivity index (χ1) is 36.4. The van der Waals surface area contributed by atoms with Crippen LogP contribution in [0.2, 0.25) is 0 Å². The molecule has 2 aromatic heterocycles. The van der Waals surface area contributed by atoms with Crippen molar-refractivity contribution in [1.82, 2.24) is 19.5 Å². The van der Waals surface area contributed by atoms with Gasteiger partial charge in [-0.3, -0.25) is 0 Å². The van der Waals surface area contributed by atoms with Gasteiger partial charge in [0.25, 0.3) is 6.71 Å². The van der Waals surface area contributed by atoms with Gasteiger partial charge in [-0.25, -0.2) is 15.0 Å². The maximum absolute atomic E-state index is 14.9. The van der Waals surface area contributed by atoms with Gasteiger partial charge in [-0.1, -0.05) is 158 Å². The van der Waals surface area contributed by atoms with E-state index in [2.05, 4.69) is 155 Å². The maximum atomic E-state index is 14.9. The number of hydrogen-bond donors (Lipinski definition) is 0. The minimum atomic E-state index is -4.63. The number of hydrogen-bond acceptors (Lipinski definition) is 5. The third-order valence-corrected chi connectivity index (χ3v) is 14.4. The zero-order chi connectivity index (χ0) is 49.5. The summed E-state index contributed by atoms with van der Waals surface area (Å²) in [6.45, 7) is -0.0309. The van der Waals surface area contributed by atoms with Crippen molar-refractivity contribution in [3.05, 3.63) is 248 Å². The average Bonchev–Trinajstić information content (AvgIpc) is 3.82. The van der Waals surface area contributed by atoms with Crippen molar-refractivity contribution >= 4 is 79.0 Å². The Kier molecular flexibility index (Phi) is 9.98. The van der Waals surface area contributed by atoms with Crippen molar-refractivity contribution in [2.45, 2.75) is 6.18 Å². The molecule has 0 unspecified atom stereocenters. The molecule has 350 valence electrons. The van der Waals surface area contributed by atoms with E-state index in [0.717, 1.165) is 73.1 Å². The summed E-state index contributed by atoms with van der Waals surface area (Å²) in [6.07, 6.45) is -4.63. The molecule has 0 fully saturated rings. The Morgan fingerprint density at radius 3 is 1.41 bits per heavy atom. The van der Waals surface area contributed by atoms with Crippen molar-refractivity contribution in [2.75, 3.05) is 9.80 Å². The lowest BCUT2D eigenvalue weighted by atomic mass is 9.33. The maximum Gasteiger partial charge on any atom is 0.416 e. The van der Waals surface area contributed by atoms with E-state index in [9.17, 15) is 13.2 Å². The molecular weight excluding hydrogens is 921 g/mol. The number of alkyl halides is 3. The fourth-order valence-electron chi connectivity index (χ4n) is 11.2. The largest absolute Gasteiger partial charge is 0.416 e. The molecule has 12 aromatic rings. The molecule has 10 heteroatoms. The Balaban J connectivity index is 1.01. The van der Waals surface area contributed by atoms with Gasteiger partial charge in [-0.05, 0) is 112 Å². The molecule has 4 heterocycles. The topological polar surface area (TPSA) is 50.1 Å². The van der Waals surface area contributed by atoms with E-state index < -0.39 is 11.7 Å². The molecule has 0 saturated carbocycles. The standard InChI is InChI=1S/C64H40BF3N6/c66-64(67,68)45-34-36-55(50(40-45)63-70-61(41-19-5-1-6-20-41)69-62(71-63)42-21-7-2-8-22-42)74-53-30-16-13-27-48(53)49-37-43(33-35-54(49)74)44-38-58-60-59(39-44)73(47-25-11-4-12-26-47)57-32-18-15-29-52(57)65(60)51-28-14-17-31-56(51)72(58)46-23-9-3-10-24-46/h1-40H. The Bertz CT molecular complexity index is 3980. The van der Waals surface area contributed by atoms with Gasteiger partial charge >= 0.3 is 6.18 Å². The van der Waals surface area contributed by atoms with Crippen molar-refractivity contribution in [1.29, 1.82) is 0 Å². The van der Waals surface area contributed by atoms with Gasteiger partial charge < -0.3 is 14.4 Å². The van der Waals surface area contributed by atoms with E-state index in [1.807, 2.05) is 83.4 Å². The molecule has 74 heavy (non-hydrogen) atoms. The smallest absolute Gasteiger partial charge is 0.311 e. The lowest BCUT2D eigenvalue weighted by molar-refractivity contribution is -0.137. The average molecular weight is 961 g/mol. The highest BCUT2D eigenvalue weighted by Gasteiger charge is 2.43. The molecule has 0 atom stereocenters. The van der Waals surface area contributed by atoms with Crippen LogP contribution in [0.25, 0.3) is 72.8 Å². The second kappa shape index (κ2) is 17.1. The Morgan fingerprint density at radius 2 is 0.838 bits per heavy atom. The molecule has 10 aromatic carbocycles. The van der Waals surface area contributed by atoms with Gasteiger partial charge in [-0.2, -0.15) is 13.2 Å². The highest BCUT2D eigenvalue weighted by atomic mass is 19.4. The van der Waals surface area contributed by atoms with Crippen LogP contribution in [0.1, 0.15) is 5.56 Å². The van der Waals surface area contributed by atoms with Crippen molar-refractivity contribution in [2.24, 2.45) is 0 Å². The predicted molar refractivity (Wildman–Crippen MR) is 295 cm³/mol. The Labute approximate surface area is 425 Å². The first-order valence-electron chi connectivity index (χ1n) is 24.5. The van der Waals surface area contributed by atoms with Crippen LogP contribution in [0.5, 0.6) is 0 Å². The highest BCUT2D eigenvalue weighted by Crippen LogP contribution is 2.47. The quantitative estimate of drug-likeness (QED) is 0.149. The number of benzene rings is 10. The fraction of sp³-hybridized carbons (Fsp3) is 0.0156. The van der Waals surface area contributed by atoms with E-state index in [4.69, 9.17) is 15.0 Å². The van der Waals surface area contributed by atoms with Crippen LogP contribution < -0.4 is 26.2 Å². The van der Waals surface area contributed by atoms with E-state index in [-0.39, 0.29) is 18.1 Å². The van der Waals surface area contributed by atoms with Crippen molar-refractivity contribution in [3.63, 3.8) is 0 Å². The minimum Gasteiger partial charge on any atom is -0.311 e. The van der Waals surface area contributed by atoms with E-state index in [1.165, 1.54) is 22.5 Å². The molecule has 0 saturated heterocycles. The molecule has 2 aliphatic rings. The normalized spacial score (nSPS) is 12.7. The molecule has 0 amide bonds. The zero-order valence-electron chi connectivity index (χ0n) is 39.5. The number of aromatic nitrogens is 4. The predicted octanol–water partition coefficient (Wildman–Crippen LogP) is 14.7. The third kappa shape index (κ3) is 7.01. The molecule has 0 spiro atoms. The molecule has 6 nitrogen and oxygen atoms in total. The second-order valence-corrected chi connectivity index (χ2v) is 18.7. The van der Waals surface area contributed by atoms with Crippen LogP contribution in [-0.4, -0.2) is 26.2 Å². The van der Waals surface area contributed by atoms with Crippen LogP contribution in [0.15, 0.2) is 243 Å². The lowest BCUT2D eigenvalue weighted by Gasteiger charge is -2.44. The zero-order valence-corrected chi connectivity index (χ0v) is 39.5. The fourth-order valence-corrected chi connectivity index (χ4v) is 11.2. The molecule has 0 radical (unpaired) electrons. The summed E-state index contributed by atoms with van der Waals surface area (Å²) in [5.74, 6) is 0.823. The Hall–Kier alpha value is -9.54. The summed E-state index contributed by atoms with van der Waals surface area (Å²) in [6, 6.07) is 80.5. The SMILES string of the molecule is FC(F)(F)c1ccc(-n2c3ccccc3c3cc(-c4cc5c6c(c4)N(c4ccccc4)c4ccccc4B6c4ccccc4N5c4ccccc4)ccc32)c(-c2nc(-c3ccccc3)nc(-c3ccccc3)n2)c1. The van der Waals surface area contributed by atoms with Gasteiger partial charge in [0.05, 0.1) is 22.3 Å². The van der Waals surface area contributed by atoms with Crippen LogP contribution in [0, 0.1) is 0 Å². The highest BCUT2D eigenvalue weighted by molar-refractivity contribution is 7.00. The molecule has 2 aliphatic heterocycles. The van der Waals surface area contributed by atoms with Crippen molar-refractivity contribution in [3.8, 4) is 51.0 Å². The summed E-state index contributed by atoms with van der Waals surface area (Å²) < 4.78 is 46.6. The molecule has 0 bridgehead atoms. The minimum absolute atomic E-state index is 0.0309. The summed E-state index contributed by atoms with van der Waals surface area (Å²) in [5.41, 5.74) is 15.2. The summed E-state index contributed by atoms with van der Waals surface area (Å²) in [5, 5.41) is 1.88. The van der Waals surface area contributed by atoms with E-state index in [1.54, 1.807) is 6.07 Å². The lowest BCUT2D eigenvalue weighted by Crippen LogP contribution is -2.61. The number of rotatable bonds is 7. The summed E-state index contributed by atoms with van der Waals surface area (Å²) >= 11 is 0. The number of halogens is 3. The van der Waals surface area contributed by atoms with E-state index >= 15 is 0 Å². The monoisotopic (exact) mass is 960 g/mol. The summed E-state index contributed by atoms with van der Waals surface area (Å²) in [7, 11) is 0. The second-order valence-electron chi connectivity index (χ2n) is 18.7. The molecule has 0 N–H and O–H groups in total. The molecule has 0 aliphatic carbocycles.